The zero-order valence-electron chi connectivity index (χ0n) is 24.3. The second kappa shape index (κ2) is 15.6. The highest BCUT2D eigenvalue weighted by atomic mass is 35.5. The molecule has 2 heterocycles. The van der Waals surface area contributed by atoms with Gasteiger partial charge in [-0.25, -0.2) is 35.9 Å². The van der Waals surface area contributed by atoms with E-state index in [0.29, 0.717) is 42.6 Å². The molecule has 0 unspecified atom stereocenters. The third-order valence-electron chi connectivity index (χ3n) is 6.51. The van der Waals surface area contributed by atoms with E-state index >= 15 is 0 Å². The molecule has 0 radical (unpaired) electrons. The summed E-state index contributed by atoms with van der Waals surface area (Å²) in [4.78, 5) is 22.9. The Balaban J connectivity index is 0.000000246. The number of carbonyl (C=O) groups excluding carboxylic acids is 1. The minimum absolute atomic E-state index is 0.0196. The maximum absolute atomic E-state index is 12.0. The lowest BCUT2D eigenvalue weighted by Gasteiger charge is -2.12. The molecule has 242 valence electrons. The van der Waals surface area contributed by atoms with E-state index in [2.05, 4.69) is 9.44 Å². The summed E-state index contributed by atoms with van der Waals surface area (Å²) in [7, 11) is -3.86. The molecule has 0 fully saturated rings. The molecule has 0 aliphatic heterocycles. The van der Waals surface area contributed by atoms with Crippen LogP contribution in [0.3, 0.4) is 0 Å². The van der Waals surface area contributed by atoms with Crippen molar-refractivity contribution in [1.29, 1.82) is 0 Å². The lowest BCUT2D eigenvalue weighted by Crippen LogP contribution is -2.20. The number of rotatable bonds is 12. The Hall–Kier alpha value is -3.66. The van der Waals surface area contributed by atoms with Crippen LogP contribution >= 0.6 is 23.2 Å². The van der Waals surface area contributed by atoms with Crippen molar-refractivity contribution in [2.75, 3.05) is 21.2 Å². The van der Waals surface area contributed by atoms with E-state index in [1.165, 1.54) is 45.7 Å². The van der Waals surface area contributed by atoms with Crippen LogP contribution in [0.2, 0.25) is 10.0 Å². The summed E-state index contributed by atoms with van der Waals surface area (Å²) in [5.74, 6) is -0.370. The van der Waals surface area contributed by atoms with E-state index in [4.69, 9.17) is 36.8 Å². The van der Waals surface area contributed by atoms with Crippen LogP contribution in [-0.4, -0.2) is 55.1 Å². The fraction of sp³-hybridized carbons (Fsp3) is 0.241. The SMILES string of the molecule is CNS(=O)(=O)c1cc(C(=O)O)c(CCc2ccco2)cc1Cl.CNS(=O)(=O)c1cc(C(=O)OC)c(CCc2ccco2)cc1Cl. The minimum Gasteiger partial charge on any atom is -0.478 e. The predicted octanol–water partition coefficient (Wildman–Crippen LogP) is 4.74. The highest BCUT2D eigenvalue weighted by molar-refractivity contribution is 7.89. The van der Waals surface area contributed by atoms with Crippen LogP contribution in [0.25, 0.3) is 0 Å². The van der Waals surface area contributed by atoms with Gasteiger partial charge in [0.15, 0.2) is 0 Å². The van der Waals surface area contributed by atoms with Crippen LogP contribution in [0.1, 0.15) is 43.4 Å². The second-order valence-electron chi connectivity index (χ2n) is 9.25. The molecule has 0 saturated carbocycles. The van der Waals surface area contributed by atoms with Gasteiger partial charge in [0.1, 0.15) is 21.3 Å². The van der Waals surface area contributed by atoms with Crippen LogP contribution in [0.15, 0.2) is 79.7 Å². The Morgan fingerprint density at radius 3 is 1.53 bits per heavy atom. The molecule has 0 spiro atoms. The van der Waals surface area contributed by atoms with Gasteiger partial charge >= 0.3 is 11.9 Å². The van der Waals surface area contributed by atoms with Crippen molar-refractivity contribution < 1.29 is 45.1 Å². The fourth-order valence-electron chi connectivity index (χ4n) is 4.16. The van der Waals surface area contributed by atoms with E-state index < -0.39 is 32.0 Å². The minimum atomic E-state index is -3.82. The van der Waals surface area contributed by atoms with Gasteiger partial charge in [0, 0.05) is 12.8 Å². The predicted molar refractivity (Wildman–Crippen MR) is 166 cm³/mol. The third-order valence-corrected chi connectivity index (χ3v) is 10.3. The zero-order chi connectivity index (χ0) is 33.4. The molecule has 4 aromatic rings. The molecule has 3 N–H and O–H groups in total. The highest BCUT2D eigenvalue weighted by Gasteiger charge is 2.23. The molecular formula is C29H30Cl2N2O10S2. The van der Waals surface area contributed by atoms with E-state index in [-0.39, 0.29) is 31.0 Å². The maximum atomic E-state index is 12.0. The van der Waals surface area contributed by atoms with Crippen molar-refractivity contribution in [2.24, 2.45) is 0 Å². The van der Waals surface area contributed by atoms with Crippen molar-refractivity contribution in [3.05, 3.63) is 105 Å². The number of carboxylic acids is 1. The van der Waals surface area contributed by atoms with Crippen LogP contribution in [0.4, 0.5) is 0 Å². The quantitative estimate of drug-likeness (QED) is 0.175. The molecule has 2 aromatic heterocycles. The largest absolute Gasteiger partial charge is 0.478 e. The second-order valence-corrected chi connectivity index (χ2v) is 13.8. The number of carboxylic acid groups (broad SMARTS) is 1. The number of esters is 1. The number of aromatic carboxylic acids is 1. The molecule has 0 saturated heterocycles. The van der Waals surface area contributed by atoms with Gasteiger partial charge in [-0.3, -0.25) is 0 Å². The smallest absolute Gasteiger partial charge is 0.338 e. The van der Waals surface area contributed by atoms with E-state index in [1.807, 2.05) is 6.07 Å². The first-order valence-corrected chi connectivity index (χ1v) is 16.8. The molecular weight excluding hydrogens is 671 g/mol. The Bertz CT molecular complexity index is 1860. The van der Waals surface area contributed by atoms with E-state index in [1.54, 1.807) is 24.5 Å². The number of nitrogens with one attached hydrogen (secondary N) is 2. The Morgan fingerprint density at radius 1 is 0.756 bits per heavy atom. The summed E-state index contributed by atoms with van der Waals surface area (Å²) in [6.45, 7) is 0. The molecule has 0 aliphatic rings. The number of halogens is 2. The molecule has 16 heteroatoms. The van der Waals surface area contributed by atoms with E-state index in [9.17, 15) is 31.5 Å². The molecule has 45 heavy (non-hydrogen) atoms. The van der Waals surface area contributed by atoms with Crippen molar-refractivity contribution >= 4 is 55.2 Å². The summed E-state index contributed by atoms with van der Waals surface area (Å²) in [6.07, 6.45) is 4.95. The number of ether oxygens (including phenoxy) is 1. The van der Waals surface area contributed by atoms with Crippen molar-refractivity contribution in [2.45, 2.75) is 35.5 Å². The number of sulfonamides is 2. The van der Waals surface area contributed by atoms with Crippen LogP contribution in [0.5, 0.6) is 0 Å². The van der Waals surface area contributed by atoms with Gasteiger partial charge in [-0.2, -0.15) is 0 Å². The number of carbonyl (C=O) groups is 2. The molecule has 2 aromatic carbocycles. The lowest BCUT2D eigenvalue weighted by atomic mass is 10.0. The van der Waals surface area contributed by atoms with Gasteiger partial charge in [0.2, 0.25) is 20.0 Å². The standard InChI is InChI=1S/C15H16ClNO5S.C14H14ClNO5S/c1-17-23(19,20)14-9-12(15(18)21-2)10(8-13(14)16)5-6-11-4-3-7-22-11;1-16-22(19,20)13-8-11(14(17)18)9(7-12(13)15)4-5-10-3-2-6-21-10/h3-4,7-9,17H,5-6H2,1-2H3;2-3,6-8,16H,4-5H2,1H3,(H,17,18). The van der Waals surface area contributed by atoms with Crippen LogP contribution in [0, 0.1) is 0 Å². The van der Waals surface area contributed by atoms with Crippen LogP contribution < -0.4 is 9.44 Å². The number of hydrogen-bond donors (Lipinski definition) is 3. The molecule has 0 atom stereocenters. The van der Waals surface area contributed by atoms with Crippen LogP contribution in [-0.2, 0) is 50.5 Å². The Kier molecular flexibility index (Phi) is 12.4. The summed E-state index contributed by atoms with van der Waals surface area (Å²) in [5, 5.41) is 9.32. The van der Waals surface area contributed by atoms with Gasteiger partial charge in [-0.05, 0) is 86.6 Å². The highest BCUT2D eigenvalue weighted by Crippen LogP contribution is 2.28. The first-order chi connectivity index (χ1) is 21.2. The normalized spacial score (nSPS) is 11.5. The van der Waals surface area contributed by atoms with Crippen molar-refractivity contribution in [3.63, 3.8) is 0 Å². The van der Waals surface area contributed by atoms with Gasteiger partial charge in [0.25, 0.3) is 0 Å². The maximum Gasteiger partial charge on any atom is 0.338 e. The molecule has 0 bridgehead atoms. The first-order valence-electron chi connectivity index (χ1n) is 13.1. The Morgan fingerprint density at radius 2 is 1.18 bits per heavy atom. The topological polar surface area (TPSA) is 182 Å². The average Bonchev–Trinajstić information content (AvgIpc) is 3.73. The first kappa shape index (κ1) is 35.8. The summed E-state index contributed by atoms with van der Waals surface area (Å²) in [6, 6.07) is 12.3. The van der Waals surface area contributed by atoms with Gasteiger partial charge in [0.05, 0.1) is 40.8 Å². The molecule has 4 rings (SSSR count). The van der Waals surface area contributed by atoms with Gasteiger partial charge in [-0.15, -0.1) is 0 Å². The third kappa shape index (κ3) is 9.19. The zero-order valence-corrected chi connectivity index (χ0v) is 27.4. The van der Waals surface area contributed by atoms with Gasteiger partial charge < -0.3 is 18.7 Å². The van der Waals surface area contributed by atoms with E-state index in [0.717, 1.165) is 11.8 Å². The summed E-state index contributed by atoms with van der Waals surface area (Å²) < 4.78 is 67.1. The molecule has 12 nitrogen and oxygen atoms in total. The monoisotopic (exact) mass is 700 g/mol. The molecule has 0 aliphatic carbocycles. The summed E-state index contributed by atoms with van der Waals surface area (Å²) >= 11 is 12.1. The van der Waals surface area contributed by atoms with Crippen molar-refractivity contribution in [1.82, 2.24) is 9.44 Å². The fourth-order valence-corrected chi connectivity index (χ4v) is 6.76. The average molecular weight is 702 g/mol. The Labute approximate surface area is 270 Å². The number of aryl methyl sites for hydroxylation is 4. The van der Waals surface area contributed by atoms with Gasteiger partial charge in [-0.1, -0.05) is 23.2 Å². The summed E-state index contributed by atoms with van der Waals surface area (Å²) in [5.41, 5.74) is 1.11. The number of methoxy groups -OCH3 is 1. The number of furan rings is 2. The number of hydrogen-bond acceptors (Lipinski definition) is 9. The number of benzene rings is 2. The molecule has 0 amide bonds. The lowest BCUT2D eigenvalue weighted by molar-refractivity contribution is 0.0598. The van der Waals surface area contributed by atoms with Crippen molar-refractivity contribution in [3.8, 4) is 0 Å².